The first-order valence-corrected chi connectivity index (χ1v) is 10.6. The van der Waals surface area contributed by atoms with Crippen LogP contribution < -0.4 is 5.32 Å². The van der Waals surface area contributed by atoms with Crippen LogP contribution in [0.15, 0.2) is 36.4 Å². The number of imidazole rings is 1. The van der Waals surface area contributed by atoms with E-state index in [0.717, 1.165) is 22.2 Å². The summed E-state index contributed by atoms with van der Waals surface area (Å²) in [6, 6.07) is 11.3. The zero-order chi connectivity index (χ0) is 23.0. The van der Waals surface area contributed by atoms with Gasteiger partial charge < -0.3 is 20.1 Å². The van der Waals surface area contributed by atoms with Crippen molar-refractivity contribution in [3.8, 4) is 5.75 Å². The number of fused-ring (bicyclic) bond motifs is 1. The summed E-state index contributed by atoms with van der Waals surface area (Å²) in [7, 11) is 0. The Kier molecular flexibility index (Phi) is 7.79. The number of rotatable bonds is 6. The Morgan fingerprint density at radius 3 is 2.12 bits per heavy atom. The first-order chi connectivity index (χ1) is 14.4. The number of aromatic hydroxyl groups is 1. The molecule has 0 radical (unpaired) electrons. The Balaban J connectivity index is 0.00000363. The molecule has 3 N–H and O–H groups in total. The van der Waals surface area contributed by atoms with E-state index in [4.69, 9.17) is 0 Å². The molecule has 174 valence electrons. The van der Waals surface area contributed by atoms with Crippen LogP contribution in [-0.4, -0.2) is 38.7 Å². The molecule has 7 heteroatoms. The van der Waals surface area contributed by atoms with Crippen LogP contribution in [0.4, 0.5) is 5.95 Å². The van der Waals surface area contributed by atoms with Gasteiger partial charge in [-0.25, -0.2) is 4.98 Å². The maximum atomic E-state index is 13.4. The summed E-state index contributed by atoms with van der Waals surface area (Å²) in [4.78, 5) is 18.0. The molecule has 0 amide bonds. The highest BCUT2D eigenvalue weighted by atomic mass is 79.9. The van der Waals surface area contributed by atoms with Crippen molar-refractivity contribution < 1.29 is 15.0 Å². The fourth-order valence-electron chi connectivity index (χ4n) is 3.71. The number of aromatic nitrogens is 2. The number of phenols is 1. The average molecular weight is 504 g/mol. The molecule has 0 saturated heterocycles. The second-order valence-corrected chi connectivity index (χ2v) is 10.0. The van der Waals surface area contributed by atoms with Crippen LogP contribution >= 0.6 is 17.0 Å². The molecular formula is C25H34BrN3O3. The molecular weight excluding hydrogens is 470 g/mol. The molecule has 0 fully saturated rings. The van der Waals surface area contributed by atoms with Crippen molar-refractivity contribution in [1.82, 2.24) is 9.55 Å². The molecule has 1 aromatic heterocycles. The molecule has 2 aromatic carbocycles. The van der Waals surface area contributed by atoms with Gasteiger partial charge in [-0.05, 0) is 35.1 Å². The molecule has 1 heterocycles. The number of phenolic OH excluding ortho intramolecular Hbond substituents is 1. The number of ketones is 1. The number of benzene rings is 2. The standard InChI is InChI=1S/C25H33N3O3.BrH/c1-24(2,3)17-13-16(14-18(22(17)31)25(4,5)6)21(30)15-28-20-10-8-7-9-19(20)27-23(28)26-11-12-29;/h7-10,13-14,29,31H,11-12,15H2,1-6H3,(H,26,27);1H. The lowest BCUT2D eigenvalue weighted by atomic mass is 9.78. The number of aliphatic hydroxyl groups excluding tert-OH is 1. The van der Waals surface area contributed by atoms with Crippen molar-refractivity contribution in [1.29, 1.82) is 0 Å². The van der Waals surface area contributed by atoms with Crippen LogP contribution in [-0.2, 0) is 17.4 Å². The van der Waals surface area contributed by atoms with Gasteiger partial charge in [0.25, 0.3) is 0 Å². The molecule has 0 aliphatic rings. The van der Waals surface area contributed by atoms with Gasteiger partial charge in [0.2, 0.25) is 5.95 Å². The molecule has 0 saturated carbocycles. The van der Waals surface area contributed by atoms with Gasteiger partial charge in [0, 0.05) is 23.2 Å². The Morgan fingerprint density at radius 1 is 1.03 bits per heavy atom. The molecule has 3 rings (SSSR count). The highest BCUT2D eigenvalue weighted by Crippen LogP contribution is 2.40. The quantitative estimate of drug-likeness (QED) is 0.402. The van der Waals surface area contributed by atoms with Gasteiger partial charge >= 0.3 is 0 Å². The highest BCUT2D eigenvalue weighted by Gasteiger charge is 2.28. The fourth-order valence-corrected chi connectivity index (χ4v) is 3.71. The summed E-state index contributed by atoms with van der Waals surface area (Å²) in [5.41, 5.74) is 3.11. The van der Waals surface area contributed by atoms with E-state index >= 15 is 0 Å². The number of carbonyl (C=O) groups is 1. The number of nitrogens with zero attached hydrogens (tertiary/aromatic N) is 2. The zero-order valence-electron chi connectivity index (χ0n) is 19.7. The summed E-state index contributed by atoms with van der Waals surface area (Å²) >= 11 is 0. The third-order valence-corrected chi connectivity index (χ3v) is 5.40. The van der Waals surface area contributed by atoms with Crippen molar-refractivity contribution in [2.45, 2.75) is 58.9 Å². The molecule has 6 nitrogen and oxygen atoms in total. The van der Waals surface area contributed by atoms with Crippen LogP contribution in [0.5, 0.6) is 5.75 Å². The van der Waals surface area contributed by atoms with Crippen molar-refractivity contribution in [3.63, 3.8) is 0 Å². The van der Waals surface area contributed by atoms with Gasteiger partial charge in [0.1, 0.15) is 5.75 Å². The SMILES string of the molecule is Br.CC(C)(C)c1cc(C(=O)Cn2c(NCCO)nc3ccccc32)cc(C(C)(C)C)c1O. The topological polar surface area (TPSA) is 87.4 Å². The largest absolute Gasteiger partial charge is 0.507 e. The van der Waals surface area contributed by atoms with Crippen LogP contribution in [0.2, 0.25) is 0 Å². The first-order valence-electron chi connectivity index (χ1n) is 10.6. The minimum absolute atomic E-state index is 0. The average Bonchev–Trinajstić information content (AvgIpc) is 3.02. The number of anilines is 1. The Bertz CT molecular complexity index is 1070. The number of para-hydroxylation sites is 2. The molecule has 3 aromatic rings. The van der Waals surface area contributed by atoms with E-state index in [2.05, 4.69) is 10.3 Å². The van der Waals surface area contributed by atoms with Gasteiger partial charge in [-0.15, -0.1) is 17.0 Å². The molecule has 0 aliphatic heterocycles. The van der Waals surface area contributed by atoms with Crippen molar-refractivity contribution >= 4 is 39.7 Å². The minimum Gasteiger partial charge on any atom is -0.507 e. The number of carbonyl (C=O) groups excluding carboxylic acids is 1. The van der Waals surface area contributed by atoms with Crippen LogP contribution in [0.1, 0.15) is 63.0 Å². The van der Waals surface area contributed by atoms with E-state index in [1.807, 2.05) is 82.5 Å². The summed E-state index contributed by atoms with van der Waals surface area (Å²) < 4.78 is 1.84. The predicted octanol–water partition coefficient (Wildman–Crippen LogP) is 5.20. The smallest absolute Gasteiger partial charge is 0.204 e. The van der Waals surface area contributed by atoms with E-state index in [1.165, 1.54) is 0 Å². The lowest BCUT2D eigenvalue weighted by Gasteiger charge is -2.28. The second-order valence-electron chi connectivity index (χ2n) is 10.0. The van der Waals surface area contributed by atoms with Crippen molar-refractivity contribution in [3.05, 3.63) is 53.1 Å². The number of Topliss-reactive ketones (excluding diaryl/α,β-unsaturated/α-hetero) is 1. The maximum Gasteiger partial charge on any atom is 0.204 e. The van der Waals surface area contributed by atoms with Gasteiger partial charge in [0.05, 0.1) is 24.2 Å². The summed E-state index contributed by atoms with van der Waals surface area (Å²) in [5.74, 6) is 0.746. The van der Waals surface area contributed by atoms with E-state index in [1.54, 1.807) is 0 Å². The number of aliphatic hydroxyl groups is 1. The van der Waals surface area contributed by atoms with E-state index in [9.17, 15) is 15.0 Å². The number of nitrogens with one attached hydrogen (secondary N) is 1. The Morgan fingerprint density at radius 2 is 1.59 bits per heavy atom. The van der Waals surface area contributed by atoms with Crippen LogP contribution in [0, 0.1) is 0 Å². The summed E-state index contributed by atoms with van der Waals surface area (Å²) in [5, 5.41) is 23.2. The van der Waals surface area contributed by atoms with Crippen LogP contribution in [0.3, 0.4) is 0 Å². The van der Waals surface area contributed by atoms with Gasteiger partial charge in [0.15, 0.2) is 5.78 Å². The molecule has 0 aliphatic carbocycles. The number of hydrogen-bond donors (Lipinski definition) is 3. The molecule has 0 atom stereocenters. The first kappa shape index (κ1) is 25.9. The maximum absolute atomic E-state index is 13.4. The summed E-state index contributed by atoms with van der Waals surface area (Å²) in [6.07, 6.45) is 0. The number of halogens is 1. The molecule has 0 spiro atoms. The van der Waals surface area contributed by atoms with E-state index < -0.39 is 0 Å². The lowest BCUT2D eigenvalue weighted by Crippen LogP contribution is -2.20. The van der Waals surface area contributed by atoms with E-state index in [0.29, 0.717) is 18.1 Å². The van der Waals surface area contributed by atoms with Crippen molar-refractivity contribution in [2.75, 3.05) is 18.5 Å². The third kappa shape index (κ3) is 5.33. The second kappa shape index (κ2) is 9.63. The summed E-state index contributed by atoms with van der Waals surface area (Å²) in [6.45, 7) is 12.6. The minimum atomic E-state index is -0.310. The van der Waals surface area contributed by atoms with Gasteiger partial charge in [-0.3, -0.25) is 4.79 Å². The normalized spacial score (nSPS) is 12.0. The fraction of sp³-hybridized carbons (Fsp3) is 0.440. The molecule has 32 heavy (non-hydrogen) atoms. The van der Waals surface area contributed by atoms with E-state index in [-0.39, 0.29) is 52.5 Å². The lowest BCUT2D eigenvalue weighted by molar-refractivity contribution is 0.0973. The Hall–Kier alpha value is -2.38. The van der Waals surface area contributed by atoms with Crippen molar-refractivity contribution in [2.24, 2.45) is 0 Å². The van der Waals surface area contributed by atoms with Gasteiger partial charge in [-0.2, -0.15) is 0 Å². The Labute approximate surface area is 200 Å². The predicted molar refractivity (Wildman–Crippen MR) is 135 cm³/mol. The van der Waals surface area contributed by atoms with Gasteiger partial charge in [-0.1, -0.05) is 53.7 Å². The monoisotopic (exact) mass is 503 g/mol. The number of hydrogen-bond acceptors (Lipinski definition) is 5. The third-order valence-electron chi connectivity index (χ3n) is 5.40. The molecule has 0 bridgehead atoms. The molecule has 0 unspecified atom stereocenters. The van der Waals surface area contributed by atoms with Crippen LogP contribution in [0.25, 0.3) is 11.0 Å². The highest BCUT2D eigenvalue weighted by molar-refractivity contribution is 8.93. The zero-order valence-corrected chi connectivity index (χ0v) is 21.4.